The smallest absolute Gasteiger partial charge is 0.260 e. The van der Waals surface area contributed by atoms with E-state index in [9.17, 15) is 14.7 Å². The quantitative estimate of drug-likeness (QED) is 0.222. The van der Waals surface area contributed by atoms with Crippen LogP contribution in [0.3, 0.4) is 0 Å². The first-order valence-electron chi connectivity index (χ1n) is 17.7. The van der Waals surface area contributed by atoms with Crippen molar-refractivity contribution in [3.05, 3.63) is 106 Å². The summed E-state index contributed by atoms with van der Waals surface area (Å²) in [5, 5.41) is 10.5. The van der Waals surface area contributed by atoms with E-state index in [2.05, 4.69) is 32.6 Å². The maximum absolute atomic E-state index is 14.9. The summed E-state index contributed by atoms with van der Waals surface area (Å²) in [6, 6.07) is 23.0. The number of nitrogens with zero attached hydrogens (tertiary/aromatic N) is 4. The number of morpholine rings is 1. The van der Waals surface area contributed by atoms with Gasteiger partial charge in [-0.1, -0.05) is 35.9 Å². The van der Waals surface area contributed by atoms with Crippen LogP contribution in [0.5, 0.6) is 5.75 Å². The molecule has 4 aromatic rings. The molecule has 1 atom stereocenters. The predicted octanol–water partition coefficient (Wildman–Crippen LogP) is 6.81. The van der Waals surface area contributed by atoms with Gasteiger partial charge in [0.15, 0.2) is 0 Å². The van der Waals surface area contributed by atoms with Gasteiger partial charge in [-0.25, -0.2) is 0 Å². The Bertz CT molecular complexity index is 1860. The molecule has 49 heavy (non-hydrogen) atoms. The van der Waals surface area contributed by atoms with Crippen LogP contribution in [-0.2, 0) is 30.7 Å². The van der Waals surface area contributed by atoms with Crippen LogP contribution in [0.15, 0.2) is 72.8 Å². The number of phenols is 1. The van der Waals surface area contributed by atoms with Crippen molar-refractivity contribution in [3.63, 3.8) is 0 Å². The van der Waals surface area contributed by atoms with Gasteiger partial charge < -0.3 is 24.2 Å². The molecule has 4 heterocycles. The van der Waals surface area contributed by atoms with Gasteiger partial charge in [0.25, 0.3) is 11.8 Å². The van der Waals surface area contributed by atoms with Crippen LogP contribution < -0.4 is 4.90 Å². The Morgan fingerprint density at radius 2 is 1.67 bits per heavy atom. The minimum Gasteiger partial charge on any atom is -0.508 e. The van der Waals surface area contributed by atoms with E-state index in [1.54, 1.807) is 12.1 Å². The molecule has 3 aliphatic heterocycles. The van der Waals surface area contributed by atoms with E-state index in [-0.39, 0.29) is 23.6 Å². The maximum Gasteiger partial charge on any atom is 0.260 e. The molecule has 9 heteroatoms. The summed E-state index contributed by atoms with van der Waals surface area (Å²) in [7, 11) is 0. The Kier molecular flexibility index (Phi) is 8.95. The van der Waals surface area contributed by atoms with Gasteiger partial charge in [0.05, 0.1) is 18.8 Å². The number of carbonyl (C=O) groups is 2. The third kappa shape index (κ3) is 6.62. The molecule has 254 valence electrons. The molecule has 0 unspecified atom stereocenters. The highest BCUT2D eigenvalue weighted by Crippen LogP contribution is 2.38. The third-order valence-corrected chi connectivity index (χ3v) is 10.9. The molecule has 4 aliphatic rings. The molecular weight excluding hydrogens is 636 g/mol. The van der Waals surface area contributed by atoms with E-state index < -0.39 is 0 Å². The van der Waals surface area contributed by atoms with Crippen LogP contribution in [0.25, 0.3) is 11.3 Å². The van der Waals surface area contributed by atoms with E-state index in [0.717, 1.165) is 87.3 Å². The summed E-state index contributed by atoms with van der Waals surface area (Å²) in [6.45, 7) is 5.91. The maximum atomic E-state index is 14.9. The standard InChI is InChI=1S/C40H43ClN4O4/c41-30-10-15-34(39(47)45-25-29-6-2-1-5-28(29)21-32(45)26-42-17-19-49-20-18-42)35(22-30)38-23-36(37-7-3-4-16-43(37)38)40(48)44(24-27-8-9-27)31-11-13-33(46)14-12-31/h1-2,5-6,10-15,22-23,27,32,46H,3-4,7-9,16-21,24-26H2/t32-/m0/s1. The van der Waals surface area contributed by atoms with Gasteiger partial charge >= 0.3 is 0 Å². The van der Waals surface area contributed by atoms with Gasteiger partial charge in [0.1, 0.15) is 5.75 Å². The van der Waals surface area contributed by atoms with Crippen molar-refractivity contribution in [1.29, 1.82) is 0 Å². The van der Waals surface area contributed by atoms with Crippen molar-refractivity contribution in [2.24, 2.45) is 5.92 Å². The summed E-state index contributed by atoms with van der Waals surface area (Å²) < 4.78 is 7.87. The number of hydrogen-bond acceptors (Lipinski definition) is 5. The van der Waals surface area contributed by atoms with Crippen LogP contribution in [-0.4, -0.2) is 76.7 Å². The lowest BCUT2D eigenvalue weighted by molar-refractivity contribution is 0.0193. The van der Waals surface area contributed by atoms with E-state index in [0.29, 0.717) is 48.4 Å². The predicted molar refractivity (Wildman–Crippen MR) is 191 cm³/mol. The lowest BCUT2D eigenvalue weighted by atomic mass is 9.92. The third-order valence-electron chi connectivity index (χ3n) is 10.7. The average molecular weight is 679 g/mol. The number of phenolic OH excluding ortho intramolecular Hbond substituents is 1. The first-order chi connectivity index (χ1) is 23.9. The van der Waals surface area contributed by atoms with Crippen molar-refractivity contribution in [1.82, 2.24) is 14.4 Å². The van der Waals surface area contributed by atoms with Crippen molar-refractivity contribution >= 4 is 29.1 Å². The van der Waals surface area contributed by atoms with Gasteiger partial charge in [-0.2, -0.15) is 0 Å². The number of hydrogen-bond donors (Lipinski definition) is 1. The molecule has 0 spiro atoms. The Hall–Kier alpha value is -4.11. The molecule has 8 rings (SSSR count). The van der Waals surface area contributed by atoms with Crippen molar-refractivity contribution < 1.29 is 19.4 Å². The minimum atomic E-state index is -0.0393. The topological polar surface area (TPSA) is 78.3 Å². The Morgan fingerprint density at radius 3 is 2.45 bits per heavy atom. The number of fused-ring (bicyclic) bond motifs is 2. The van der Waals surface area contributed by atoms with Crippen molar-refractivity contribution in [2.45, 2.75) is 57.7 Å². The van der Waals surface area contributed by atoms with Gasteiger partial charge in [-0.15, -0.1) is 0 Å². The molecule has 1 N–H and O–H groups in total. The zero-order valence-electron chi connectivity index (χ0n) is 27.8. The summed E-state index contributed by atoms with van der Waals surface area (Å²) in [5.41, 5.74) is 7.19. The molecule has 2 amide bonds. The van der Waals surface area contributed by atoms with Gasteiger partial charge in [0, 0.05) is 78.5 Å². The summed E-state index contributed by atoms with van der Waals surface area (Å²) in [4.78, 5) is 35.7. The normalized spacial score (nSPS) is 19.3. The van der Waals surface area contributed by atoms with Crippen LogP contribution in [0.4, 0.5) is 5.69 Å². The Labute approximate surface area is 292 Å². The largest absolute Gasteiger partial charge is 0.508 e. The second-order valence-electron chi connectivity index (χ2n) is 14.0. The van der Waals surface area contributed by atoms with Gasteiger partial charge in [-0.3, -0.25) is 14.5 Å². The van der Waals surface area contributed by atoms with Crippen LogP contribution in [0, 0.1) is 5.92 Å². The molecule has 1 aromatic heterocycles. The molecule has 1 saturated carbocycles. The van der Waals surface area contributed by atoms with E-state index >= 15 is 0 Å². The van der Waals surface area contributed by atoms with Crippen molar-refractivity contribution in [2.75, 3.05) is 44.3 Å². The van der Waals surface area contributed by atoms with Crippen molar-refractivity contribution in [3.8, 4) is 17.0 Å². The molecule has 0 radical (unpaired) electrons. The summed E-state index contributed by atoms with van der Waals surface area (Å²) >= 11 is 6.69. The SMILES string of the molecule is O=C(c1cc(-c2cc(Cl)ccc2C(=O)N2Cc3ccccc3C[C@H]2CN2CCOCC2)n2c1CCCC2)N(CC1CC1)c1ccc(O)cc1. The lowest BCUT2D eigenvalue weighted by Crippen LogP contribution is -2.52. The number of rotatable bonds is 8. The first-order valence-corrected chi connectivity index (χ1v) is 18.1. The molecule has 0 bridgehead atoms. The van der Waals surface area contributed by atoms with E-state index in [1.807, 2.05) is 47.4 Å². The first kappa shape index (κ1) is 32.1. The highest BCUT2D eigenvalue weighted by atomic mass is 35.5. The number of aromatic hydroxyl groups is 1. The monoisotopic (exact) mass is 678 g/mol. The second-order valence-corrected chi connectivity index (χ2v) is 14.5. The molecule has 8 nitrogen and oxygen atoms in total. The Morgan fingerprint density at radius 1 is 0.898 bits per heavy atom. The number of amides is 2. The van der Waals surface area contributed by atoms with Gasteiger partial charge in [0.2, 0.25) is 0 Å². The summed E-state index contributed by atoms with van der Waals surface area (Å²) in [5.74, 6) is 0.599. The molecule has 3 aromatic carbocycles. The minimum absolute atomic E-state index is 0.0156. The van der Waals surface area contributed by atoms with Crippen LogP contribution in [0.2, 0.25) is 5.02 Å². The highest BCUT2D eigenvalue weighted by molar-refractivity contribution is 6.31. The second kappa shape index (κ2) is 13.7. The van der Waals surface area contributed by atoms with E-state index in [4.69, 9.17) is 16.3 Å². The zero-order chi connectivity index (χ0) is 33.5. The lowest BCUT2D eigenvalue weighted by Gasteiger charge is -2.40. The molecule has 2 fully saturated rings. The number of ether oxygens (including phenoxy) is 1. The molecule has 1 saturated heterocycles. The Balaban J connectivity index is 1.18. The number of carbonyl (C=O) groups excluding carboxylic acids is 2. The number of halogens is 1. The fourth-order valence-electron chi connectivity index (χ4n) is 7.87. The number of anilines is 1. The fraction of sp³-hybridized carbons (Fsp3) is 0.400. The highest BCUT2D eigenvalue weighted by Gasteiger charge is 2.35. The fourth-order valence-corrected chi connectivity index (χ4v) is 8.04. The van der Waals surface area contributed by atoms with Crippen LogP contribution >= 0.6 is 11.6 Å². The zero-order valence-corrected chi connectivity index (χ0v) is 28.6. The summed E-state index contributed by atoms with van der Waals surface area (Å²) in [6.07, 6.45) is 5.83. The average Bonchev–Trinajstić information content (AvgIpc) is 3.88. The molecular formula is C40H43ClN4O4. The molecule has 1 aliphatic carbocycles. The van der Waals surface area contributed by atoms with E-state index in [1.165, 1.54) is 11.1 Å². The number of benzene rings is 3. The van der Waals surface area contributed by atoms with Gasteiger partial charge in [-0.05, 0) is 104 Å². The number of aromatic nitrogens is 1. The van der Waals surface area contributed by atoms with Crippen LogP contribution in [0.1, 0.15) is 63.2 Å².